The highest BCUT2D eigenvalue weighted by molar-refractivity contribution is 9.10. The lowest BCUT2D eigenvalue weighted by Crippen LogP contribution is -2.44. The Morgan fingerprint density at radius 1 is 1.41 bits per heavy atom. The Labute approximate surface area is 210 Å². The molecule has 3 heterocycles. The largest absolute Gasteiger partial charge is 0.462 e. The minimum absolute atomic E-state index is 0.0178. The van der Waals surface area contributed by atoms with Crippen LogP contribution in [0.1, 0.15) is 20.2 Å². The molecule has 1 saturated carbocycles. The second-order valence-electron chi connectivity index (χ2n) is 8.92. The molecule has 1 aromatic heterocycles. The van der Waals surface area contributed by atoms with Crippen molar-refractivity contribution >= 4 is 32.7 Å². The topological polar surface area (TPSA) is 50.7 Å². The van der Waals surface area contributed by atoms with Crippen molar-refractivity contribution in [1.82, 2.24) is 14.9 Å². The van der Waals surface area contributed by atoms with Crippen molar-refractivity contribution in [3.8, 4) is 6.01 Å². The predicted molar refractivity (Wildman–Crippen MR) is 122 cm³/mol. The Morgan fingerprint density at radius 3 is 3.00 bits per heavy atom. The molecule has 6 nitrogen and oxygen atoms in total. The van der Waals surface area contributed by atoms with Gasteiger partial charge in [-0.2, -0.15) is 9.97 Å². The number of anilines is 1. The summed E-state index contributed by atoms with van der Waals surface area (Å²) in [5.74, 6) is -2.59. The lowest BCUT2D eigenvalue weighted by Gasteiger charge is -2.40. The summed E-state index contributed by atoms with van der Waals surface area (Å²) in [7, 11) is 0. The Kier molecular flexibility index (Phi) is 4.80. The number of piperidine rings is 1. The Balaban J connectivity index is 1.60. The number of halogens is 5. The van der Waals surface area contributed by atoms with Crippen LogP contribution in [-0.4, -0.2) is 73.5 Å². The highest BCUT2D eigenvalue weighted by Crippen LogP contribution is 2.45. The van der Waals surface area contributed by atoms with Crippen molar-refractivity contribution < 1.29 is 33.9 Å². The van der Waals surface area contributed by atoms with Gasteiger partial charge in [0.05, 0.1) is 32.8 Å². The molecule has 2 aromatic rings. The van der Waals surface area contributed by atoms with Crippen molar-refractivity contribution in [3.05, 3.63) is 34.1 Å². The Morgan fingerprint density at radius 2 is 2.24 bits per heavy atom. The lowest BCUT2D eigenvalue weighted by molar-refractivity contribution is 0.109. The molecule has 184 valence electrons. The molecule has 2 aliphatic heterocycles. The van der Waals surface area contributed by atoms with E-state index in [1.807, 2.05) is 0 Å². The highest BCUT2D eigenvalue weighted by Gasteiger charge is 2.56. The fourth-order valence-corrected chi connectivity index (χ4v) is 4.92. The van der Waals surface area contributed by atoms with Crippen LogP contribution >= 0.6 is 15.9 Å². The van der Waals surface area contributed by atoms with E-state index in [0.717, 1.165) is 11.0 Å². The average molecular weight is 550 g/mol. The fourth-order valence-electron chi connectivity index (χ4n) is 4.61. The number of alkyl halides is 1. The molecule has 1 aliphatic carbocycles. The first-order valence-corrected chi connectivity index (χ1v) is 11.6. The normalized spacial score (nSPS) is 33.9. The van der Waals surface area contributed by atoms with Gasteiger partial charge < -0.3 is 19.3 Å². The van der Waals surface area contributed by atoms with Gasteiger partial charge in [0.15, 0.2) is 5.82 Å². The molecule has 2 saturated heterocycles. The van der Waals surface area contributed by atoms with Gasteiger partial charge in [0.2, 0.25) is 0 Å². The summed E-state index contributed by atoms with van der Waals surface area (Å²) < 4.78 is 110. The van der Waals surface area contributed by atoms with E-state index in [0.29, 0.717) is 0 Å². The van der Waals surface area contributed by atoms with E-state index in [4.69, 9.17) is 16.3 Å². The van der Waals surface area contributed by atoms with Gasteiger partial charge in [0.1, 0.15) is 29.9 Å². The van der Waals surface area contributed by atoms with Crippen LogP contribution in [0.25, 0.3) is 10.9 Å². The predicted octanol–water partition coefficient (Wildman–Crippen LogP) is 4.42. The van der Waals surface area contributed by atoms with Gasteiger partial charge in [-0.15, -0.1) is 0 Å². The monoisotopic (exact) mass is 549 g/mol. The lowest BCUT2D eigenvalue weighted by atomic mass is 9.78. The fraction of sp³-hybridized carbons (Fsp3) is 0.565. The number of rotatable bonds is 4. The van der Waals surface area contributed by atoms with Gasteiger partial charge in [-0.1, -0.05) is 6.92 Å². The molecule has 11 heteroatoms. The van der Waals surface area contributed by atoms with E-state index < -0.39 is 71.3 Å². The van der Waals surface area contributed by atoms with Crippen LogP contribution in [-0.2, 0) is 4.74 Å². The zero-order valence-electron chi connectivity index (χ0n) is 23.1. The van der Waals surface area contributed by atoms with Crippen molar-refractivity contribution in [2.45, 2.75) is 25.6 Å². The molecule has 5 rings (SSSR count). The van der Waals surface area contributed by atoms with E-state index >= 15 is 4.39 Å². The van der Waals surface area contributed by atoms with Crippen molar-refractivity contribution in [2.24, 2.45) is 11.3 Å². The molecule has 3 aliphatic rings. The molecule has 0 amide bonds. The van der Waals surface area contributed by atoms with Crippen molar-refractivity contribution in [3.63, 3.8) is 0 Å². The molecule has 0 bridgehead atoms. The van der Waals surface area contributed by atoms with E-state index in [9.17, 15) is 13.2 Å². The summed E-state index contributed by atoms with van der Waals surface area (Å²) in [6.45, 7) is -3.99. The van der Waals surface area contributed by atoms with Crippen molar-refractivity contribution in [1.29, 1.82) is 0 Å². The number of ether oxygens (including phenoxy) is 2. The van der Waals surface area contributed by atoms with E-state index in [-0.39, 0.29) is 55.8 Å². The maximum absolute atomic E-state index is 15.2. The molecule has 1 aromatic carbocycles. The number of benzene rings is 1. The molecule has 0 N–H and O–H groups in total. The average Bonchev–Trinajstić information content (AvgIpc) is 3.56. The van der Waals surface area contributed by atoms with E-state index in [2.05, 4.69) is 25.9 Å². The van der Waals surface area contributed by atoms with Crippen LogP contribution in [0.4, 0.5) is 23.4 Å². The zero-order chi connectivity index (χ0) is 28.5. The molecular weight excluding hydrogens is 520 g/mol. The van der Waals surface area contributed by atoms with Crippen LogP contribution in [0, 0.1) is 23.0 Å². The van der Waals surface area contributed by atoms with E-state index in [1.54, 1.807) is 0 Å². The molecule has 0 radical (unpaired) electrons. The number of hydrogen-bond acceptors (Lipinski definition) is 6. The second kappa shape index (κ2) is 8.91. The minimum Gasteiger partial charge on any atom is -0.462 e. The highest BCUT2D eigenvalue weighted by atomic mass is 79.9. The smallest absolute Gasteiger partial charge is 0.319 e. The summed E-state index contributed by atoms with van der Waals surface area (Å²) in [5, 5.41) is -0.0809. The van der Waals surface area contributed by atoms with Gasteiger partial charge >= 0.3 is 6.01 Å². The van der Waals surface area contributed by atoms with Crippen LogP contribution in [0.2, 0.25) is 0 Å². The van der Waals surface area contributed by atoms with Crippen molar-refractivity contribution in [2.75, 3.05) is 51.3 Å². The SMILES string of the molecule is [2H]C([2H])([2H])N1CC/C(=C\F)[C@](C)(C([2H])([2H])Oc2nc(N3CCOC[C@H]4[C@H](F)[C@H]43)c3cc(F)c(Br)c(F)c3n2)C1. The van der Waals surface area contributed by atoms with Gasteiger partial charge in [-0.25, -0.2) is 17.6 Å². The van der Waals surface area contributed by atoms with Gasteiger partial charge in [-0.3, -0.25) is 0 Å². The van der Waals surface area contributed by atoms with Crippen LogP contribution in [0.5, 0.6) is 6.01 Å². The quantitative estimate of drug-likeness (QED) is 0.415. The third-order valence-corrected chi connectivity index (χ3v) is 7.33. The molecule has 4 atom stereocenters. The standard InChI is InChI=1S/C23H25BrF4N4O2/c1-23(10-31(2)4-3-12(23)8-25)11-34-22-29-19-13(7-15(26)16(24)18(19)28)21(30-22)32-5-6-33-9-14-17(27)20(14)32/h7-8,14,17,20H,3-6,9-11H2,1-2H3/b12-8+/t14-,17-,20-,23-/m0/s1/i2D3,11D2. The molecule has 0 spiro atoms. The Hall–Kier alpha value is -1.98. The summed E-state index contributed by atoms with van der Waals surface area (Å²) >= 11 is 2.84. The molecule has 0 unspecified atom stereocenters. The van der Waals surface area contributed by atoms with Gasteiger partial charge in [-0.05, 0) is 41.0 Å². The number of aromatic nitrogens is 2. The maximum Gasteiger partial charge on any atom is 0.319 e. The van der Waals surface area contributed by atoms with Gasteiger partial charge in [0, 0.05) is 40.5 Å². The summed E-state index contributed by atoms with van der Waals surface area (Å²) in [5.41, 5.74) is -2.23. The first-order valence-electron chi connectivity index (χ1n) is 13.3. The minimum atomic E-state index is -2.79. The Bertz CT molecular complexity index is 1340. The number of nitrogens with zero attached hydrogens (tertiary/aromatic N) is 4. The molecule has 34 heavy (non-hydrogen) atoms. The summed E-state index contributed by atoms with van der Waals surface area (Å²) in [4.78, 5) is 10.8. The molecule has 3 fully saturated rings. The third kappa shape index (κ3) is 4.05. The third-order valence-electron chi connectivity index (χ3n) is 6.60. The zero-order valence-corrected chi connectivity index (χ0v) is 19.7. The van der Waals surface area contributed by atoms with Crippen LogP contribution in [0.15, 0.2) is 22.4 Å². The number of hydrogen-bond donors (Lipinski definition) is 0. The maximum atomic E-state index is 15.2. The molecular formula is C23H25BrF4N4O2. The first kappa shape index (κ1) is 18.3. The summed E-state index contributed by atoms with van der Waals surface area (Å²) in [6, 6.07) is -0.342. The number of fused-ring (bicyclic) bond motifs is 2. The summed E-state index contributed by atoms with van der Waals surface area (Å²) in [6.07, 6.45) is -1.11. The van der Waals surface area contributed by atoms with E-state index in [1.165, 1.54) is 11.8 Å². The van der Waals surface area contributed by atoms with Gasteiger partial charge in [0.25, 0.3) is 0 Å². The first-order chi connectivity index (χ1) is 18.2. The van der Waals surface area contributed by atoms with Crippen LogP contribution in [0.3, 0.4) is 0 Å². The van der Waals surface area contributed by atoms with Crippen LogP contribution < -0.4 is 9.64 Å². The second-order valence-corrected chi connectivity index (χ2v) is 9.71. The number of likely N-dealkylation sites (tertiary alicyclic amines) is 1.